The first-order chi connectivity index (χ1) is 9.33. The molecule has 0 amide bonds. The van der Waals surface area contributed by atoms with Crippen LogP contribution in [0.15, 0.2) is 47.5 Å². The normalized spacial score (nSPS) is 10.8. The summed E-state index contributed by atoms with van der Waals surface area (Å²) in [6.07, 6.45) is 5.03. The van der Waals surface area contributed by atoms with Gasteiger partial charge in [0.1, 0.15) is 12.4 Å². The van der Waals surface area contributed by atoms with E-state index in [-0.39, 0.29) is 0 Å². The van der Waals surface area contributed by atoms with Crippen LogP contribution in [0, 0.1) is 0 Å². The van der Waals surface area contributed by atoms with Gasteiger partial charge in [0.2, 0.25) is 0 Å². The molecule has 0 saturated heterocycles. The van der Waals surface area contributed by atoms with E-state index in [0.29, 0.717) is 18.8 Å². The number of hydrogen-bond acceptors (Lipinski definition) is 4. The van der Waals surface area contributed by atoms with Crippen LogP contribution in [0.4, 0.5) is 0 Å². The smallest absolute Gasteiger partial charge is 0.197 e. The zero-order chi connectivity index (χ0) is 13.1. The molecule has 0 aliphatic carbocycles. The lowest BCUT2D eigenvalue weighted by molar-refractivity contribution is 0.300. The van der Waals surface area contributed by atoms with Crippen LogP contribution in [0.2, 0.25) is 0 Å². The molecule has 6 heteroatoms. The summed E-state index contributed by atoms with van der Waals surface area (Å²) in [6, 6.07) is 7.76. The monoisotopic (exact) mass is 318 g/mol. The zero-order valence-corrected chi connectivity index (χ0v) is 11.6. The van der Waals surface area contributed by atoms with Gasteiger partial charge in [-0.3, -0.25) is 0 Å². The number of halogens is 1. The van der Waals surface area contributed by atoms with Crippen molar-refractivity contribution in [3.8, 4) is 5.75 Å². The van der Waals surface area contributed by atoms with Crippen LogP contribution in [-0.2, 0) is 6.54 Å². The molecule has 3 rings (SSSR count). The van der Waals surface area contributed by atoms with Crippen molar-refractivity contribution in [1.29, 1.82) is 0 Å². The van der Waals surface area contributed by atoms with E-state index >= 15 is 0 Å². The quantitative estimate of drug-likeness (QED) is 0.742. The molecule has 0 bridgehead atoms. The fourth-order valence-corrected chi connectivity index (χ4v) is 2.02. The highest BCUT2D eigenvalue weighted by Gasteiger charge is 2.03. The third kappa shape index (κ3) is 2.73. The molecular formula is C13H11BrN4O. The van der Waals surface area contributed by atoms with E-state index in [9.17, 15) is 0 Å². The van der Waals surface area contributed by atoms with Gasteiger partial charge in [-0.2, -0.15) is 0 Å². The Morgan fingerprint density at radius 2 is 1.84 bits per heavy atom. The summed E-state index contributed by atoms with van der Waals surface area (Å²) in [5, 5.41) is 0. The minimum Gasteiger partial charge on any atom is -0.492 e. The summed E-state index contributed by atoms with van der Waals surface area (Å²) in [5.41, 5.74) is 1.44. The van der Waals surface area contributed by atoms with Gasteiger partial charge in [-0.15, -0.1) is 0 Å². The fraction of sp³-hybridized carbons (Fsp3) is 0.154. The van der Waals surface area contributed by atoms with Crippen LogP contribution >= 0.6 is 15.9 Å². The number of aromatic nitrogens is 4. The predicted molar refractivity (Wildman–Crippen MR) is 75.0 cm³/mol. The van der Waals surface area contributed by atoms with Crippen LogP contribution in [0.1, 0.15) is 0 Å². The van der Waals surface area contributed by atoms with Gasteiger partial charge in [-0.05, 0) is 24.3 Å². The predicted octanol–water partition coefficient (Wildman–Crippen LogP) is 2.67. The van der Waals surface area contributed by atoms with Crippen molar-refractivity contribution in [3.63, 3.8) is 0 Å². The molecule has 3 aromatic rings. The van der Waals surface area contributed by atoms with E-state index in [1.165, 1.54) is 0 Å². The van der Waals surface area contributed by atoms with Gasteiger partial charge in [-0.25, -0.2) is 15.0 Å². The standard InChI is InChI=1S/C13H11BrN4O/c14-10-1-3-11(4-2-10)19-8-7-18-9-17-12-13(18)16-6-5-15-12/h1-6,9H,7-8H2. The molecule has 96 valence electrons. The van der Waals surface area contributed by atoms with Crippen molar-refractivity contribution in [2.24, 2.45) is 0 Å². The molecule has 2 heterocycles. The third-order valence-electron chi connectivity index (χ3n) is 2.67. The minimum absolute atomic E-state index is 0.559. The second-order valence-electron chi connectivity index (χ2n) is 3.94. The maximum atomic E-state index is 5.67. The van der Waals surface area contributed by atoms with Crippen LogP contribution in [0.3, 0.4) is 0 Å². The number of benzene rings is 1. The van der Waals surface area contributed by atoms with Gasteiger partial charge in [0.25, 0.3) is 0 Å². The molecule has 1 aromatic carbocycles. The van der Waals surface area contributed by atoms with Crippen molar-refractivity contribution in [2.45, 2.75) is 6.54 Å². The molecule has 2 aromatic heterocycles. The summed E-state index contributed by atoms with van der Waals surface area (Å²) < 4.78 is 8.64. The van der Waals surface area contributed by atoms with Crippen molar-refractivity contribution in [1.82, 2.24) is 19.5 Å². The molecule has 0 fully saturated rings. The van der Waals surface area contributed by atoms with Crippen LogP contribution < -0.4 is 4.74 Å². The van der Waals surface area contributed by atoms with Crippen molar-refractivity contribution in [3.05, 3.63) is 47.5 Å². The summed E-state index contributed by atoms with van der Waals surface area (Å²) in [6.45, 7) is 1.24. The molecule has 0 spiro atoms. The molecule has 5 nitrogen and oxygen atoms in total. The van der Waals surface area contributed by atoms with Crippen molar-refractivity contribution < 1.29 is 4.74 Å². The van der Waals surface area contributed by atoms with E-state index in [1.807, 2.05) is 28.8 Å². The second kappa shape index (κ2) is 5.36. The van der Waals surface area contributed by atoms with Gasteiger partial charge in [0.15, 0.2) is 11.3 Å². The Bertz CT molecular complexity index is 680. The number of hydrogen-bond donors (Lipinski definition) is 0. The lowest BCUT2D eigenvalue weighted by Gasteiger charge is -2.07. The van der Waals surface area contributed by atoms with E-state index in [1.54, 1.807) is 18.7 Å². The largest absolute Gasteiger partial charge is 0.492 e. The fourth-order valence-electron chi connectivity index (χ4n) is 1.75. The Kier molecular flexibility index (Phi) is 3.41. The molecule has 0 atom stereocenters. The average Bonchev–Trinajstić information content (AvgIpc) is 2.85. The summed E-state index contributed by atoms with van der Waals surface area (Å²) in [5.74, 6) is 0.846. The molecule has 0 unspecified atom stereocenters. The van der Waals surface area contributed by atoms with Crippen molar-refractivity contribution >= 4 is 27.2 Å². The highest BCUT2D eigenvalue weighted by Crippen LogP contribution is 2.16. The Morgan fingerprint density at radius 3 is 2.68 bits per heavy atom. The van der Waals surface area contributed by atoms with Gasteiger partial charge in [0, 0.05) is 16.9 Å². The first kappa shape index (κ1) is 12.1. The number of ether oxygens (including phenoxy) is 1. The van der Waals surface area contributed by atoms with Gasteiger partial charge in [-0.1, -0.05) is 15.9 Å². The Hall–Kier alpha value is -1.95. The maximum absolute atomic E-state index is 5.67. The molecular weight excluding hydrogens is 308 g/mol. The van der Waals surface area contributed by atoms with E-state index in [2.05, 4.69) is 30.9 Å². The number of imidazole rings is 1. The molecule has 0 radical (unpaired) electrons. The first-order valence-corrected chi connectivity index (χ1v) is 6.62. The van der Waals surface area contributed by atoms with Crippen LogP contribution in [0.25, 0.3) is 11.3 Å². The Labute approximate surface area is 118 Å². The highest BCUT2D eigenvalue weighted by atomic mass is 79.9. The lowest BCUT2D eigenvalue weighted by Crippen LogP contribution is -2.07. The minimum atomic E-state index is 0.559. The summed E-state index contributed by atoms with van der Waals surface area (Å²) in [7, 11) is 0. The molecule has 0 N–H and O–H groups in total. The third-order valence-corrected chi connectivity index (χ3v) is 3.19. The Morgan fingerprint density at radius 1 is 1.05 bits per heavy atom. The SMILES string of the molecule is Brc1ccc(OCCn2cnc3nccnc32)cc1. The first-order valence-electron chi connectivity index (χ1n) is 5.83. The van der Waals surface area contributed by atoms with Crippen LogP contribution in [-0.4, -0.2) is 26.1 Å². The zero-order valence-electron chi connectivity index (χ0n) is 10.0. The molecule has 0 saturated carbocycles. The number of nitrogens with zero attached hydrogens (tertiary/aromatic N) is 4. The maximum Gasteiger partial charge on any atom is 0.197 e. The van der Waals surface area contributed by atoms with Gasteiger partial charge < -0.3 is 9.30 Å². The second-order valence-corrected chi connectivity index (χ2v) is 4.86. The lowest BCUT2D eigenvalue weighted by atomic mass is 10.3. The Balaban J connectivity index is 1.65. The van der Waals surface area contributed by atoms with Gasteiger partial charge >= 0.3 is 0 Å². The van der Waals surface area contributed by atoms with E-state index < -0.39 is 0 Å². The molecule has 0 aliphatic heterocycles. The number of fused-ring (bicyclic) bond motifs is 1. The molecule has 0 aliphatic rings. The highest BCUT2D eigenvalue weighted by molar-refractivity contribution is 9.10. The van der Waals surface area contributed by atoms with E-state index in [4.69, 9.17) is 4.74 Å². The van der Waals surface area contributed by atoms with Crippen LogP contribution in [0.5, 0.6) is 5.75 Å². The van der Waals surface area contributed by atoms with Crippen molar-refractivity contribution in [2.75, 3.05) is 6.61 Å². The summed E-state index contributed by atoms with van der Waals surface area (Å²) in [4.78, 5) is 12.6. The van der Waals surface area contributed by atoms with E-state index in [0.717, 1.165) is 15.9 Å². The topological polar surface area (TPSA) is 52.8 Å². The van der Waals surface area contributed by atoms with Gasteiger partial charge in [0.05, 0.1) is 12.9 Å². The number of rotatable bonds is 4. The summed E-state index contributed by atoms with van der Waals surface area (Å²) >= 11 is 3.39. The average molecular weight is 319 g/mol. The molecule has 19 heavy (non-hydrogen) atoms.